The number of piperidine rings is 1. The SMILES string of the molecule is BC(B)(B)N(C(=O)c1cc(N2CCC(Oc3ccc(F)cc3F)CC2)c(N)cn1)C(B)(B)B. The summed E-state index contributed by atoms with van der Waals surface area (Å²) in [4.78, 5) is 21.7. The summed E-state index contributed by atoms with van der Waals surface area (Å²) < 4.78 is 32.8. The minimum Gasteiger partial charge on any atom is -0.487 e. The van der Waals surface area contributed by atoms with Gasteiger partial charge in [0.1, 0.15) is 64.7 Å². The average Bonchev–Trinajstić information content (AvgIpc) is 2.69. The molecule has 2 heterocycles. The van der Waals surface area contributed by atoms with Crippen LogP contribution in [0, 0.1) is 11.6 Å². The molecule has 2 N–H and O–H groups in total. The number of anilines is 2. The molecule has 0 aliphatic carbocycles. The Morgan fingerprint density at radius 1 is 1.09 bits per heavy atom. The lowest BCUT2D eigenvalue weighted by Gasteiger charge is -2.47. The van der Waals surface area contributed by atoms with Crippen molar-refractivity contribution in [2.75, 3.05) is 23.7 Å². The van der Waals surface area contributed by atoms with Gasteiger partial charge >= 0.3 is 0 Å². The summed E-state index contributed by atoms with van der Waals surface area (Å²) >= 11 is 0. The van der Waals surface area contributed by atoms with E-state index in [1.165, 1.54) is 18.3 Å². The van der Waals surface area contributed by atoms with E-state index in [-0.39, 0.29) is 28.2 Å². The molecule has 0 radical (unpaired) electrons. The van der Waals surface area contributed by atoms with Crippen LogP contribution in [-0.4, -0.2) is 92.5 Å². The van der Waals surface area contributed by atoms with Crippen molar-refractivity contribution in [3.63, 3.8) is 0 Å². The zero-order valence-electron chi connectivity index (χ0n) is 20.3. The Morgan fingerprint density at radius 2 is 1.70 bits per heavy atom. The maximum Gasteiger partial charge on any atom is 0.269 e. The second kappa shape index (κ2) is 9.39. The summed E-state index contributed by atoms with van der Waals surface area (Å²) in [7, 11) is 12.0. The van der Waals surface area contributed by atoms with Crippen molar-refractivity contribution in [1.29, 1.82) is 0 Å². The van der Waals surface area contributed by atoms with Gasteiger partial charge in [-0.25, -0.2) is 13.8 Å². The van der Waals surface area contributed by atoms with Crippen LogP contribution in [0.15, 0.2) is 30.5 Å². The van der Waals surface area contributed by atoms with Gasteiger partial charge in [0.15, 0.2) is 11.6 Å². The highest BCUT2D eigenvalue weighted by molar-refractivity contribution is 6.64. The van der Waals surface area contributed by atoms with Crippen LogP contribution < -0.4 is 15.4 Å². The molecule has 33 heavy (non-hydrogen) atoms. The monoisotopic (exact) mass is 448 g/mol. The molecule has 168 valence electrons. The second-order valence-electron chi connectivity index (χ2n) is 10.5. The van der Waals surface area contributed by atoms with Gasteiger partial charge in [0.05, 0.1) is 17.6 Å². The van der Waals surface area contributed by atoms with E-state index < -0.39 is 11.6 Å². The molecule has 1 amide bonds. The minimum absolute atomic E-state index is 0.0515. The maximum atomic E-state index is 13.9. The van der Waals surface area contributed by atoms with Gasteiger partial charge in [0, 0.05) is 32.0 Å². The van der Waals surface area contributed by atoms with E-state index in [2.05, 4.69) is 9.88 Å². The number of nitrogens with zero attached hydrogens (tertiary/aromatic N) is 3. The zero-order valence-corrected chi connectivity index (χ0v) is 20.3. The topological polar surface area (TPSA) is 71.7 Å². The molecule has 0 saturated carbocycles. The molecule has 0 bridgehead atoms. The van der Waals surface area contributed by atoms with E-state index in [4.69, 9.17) is 10.5 Å². The summed E-state index contributed by atoms with van der Waals surface area (Å²) in [6.07, 6.45) is 2.61. The number of halogens is 2. The Labute approximate surface area is 199 Å². The molecule has 0 unspecified atom stereocenters. The van der Waals surface area contributed by atoms with Crippen molar-refractivity contribution >= 4 is 64.4 Å². The van der Waals surface area contributed by atoms with Crippen molar-refractivity contribution in [2.24, 2.45) is 0 Å². The zero-order chi connectivity index (χ0) is 24.6. The van der Waals surface area contributed by atoms with Crippen LogP contribution >= 0.6 is 0 Å². The number of carbonyl (C=O) groups excluding carboxylic acids is 1. The van der Waals surface area contributed by atoms with Crippen molar-refractivity contribution in [3.8, 4) is 5.75 Å². The number of nitrogens with two attached hydrogens (primary N) is 1. The third kappa shape index (κ3) is 5.89. The molecule has 0 spiro atoms. The molecular weight excluding hydrogens is 419 g/mol. The molecule has 1 aromatic heterocycles. The summed E-state index contributed by atoms with van der Waals surface area (Å²) in [5.41, 5.74) is 7.80. The predicted octanol–water partition coefficient (Wildman–Crippen LogP) is -3.55. The highest BCUT2D eigenvalue weighted by atomic mass is 19.1. The Morgan fingerprint density at radius 3 is 2.24 bits per heavy atom. The van der Waals surface area contributed by atoms with Crippen LogP contribution in [0.1, 0.15) is 23.3 Å². The Hall–Kier alpha value is -2.51. The minimum atomic E-state index is -0.707. The van der Waals surface area contributed by atoms with Crippen LogP contribution in [0.3, 0.4) is 0 Å². The molecule has 0 atom stereocenters. The molecular formula is C19H28B6F2N4O2. The standard InChI is InChI=1S/C19H28B6F2N4O2/c20-18(21,22)31(19(23,24)25)17(32)14-8-15(13(28)9-29-14)30-5-3-11(4-6-30)33-16-2-1-10(26)7-12(16)27/h1-2,7-9,11H,3-6,20-25,28H2. The van der Waals surface area contributed by atoms with Crippen molar-refractivity contribution in [1.82, 2.24) is 9.88 Å². The molecule has 1 aliphatic heterocycles. The molecule has 1 aromatic carbocycles. The maximum absolute atomic E-state index is 13.9. The third-order valence-corrected chi connectivity index (χ3v) is 5.65. The number of amides is 1. The van der Waals surface area contributed by atoms with Gasteiger partial charge < -0.3 is 20.3 Å². The number of aromatic nitrogens is 1. The number of pyridine rings is 1. The molecule has 1 fully saturated rings. The summed E-state index contributed by atoms with van der Waals surface area (Å²) in [5, 5.41) is -0.770. The first-order valence-corrected chi connectivity index (χ1v) is 11.2. The van der Waals surface area contributed by atoms with Gasteiger partial charge in [-0.2, -0.15) is 0 Å². The molecule has 14 heteroatoms. The van der Waals surface area contributed by atoms with Crippen LogP contribution in [0.4, 0.5) is 20.2 Å². The van der Waals surface area contributed by atoms with Gasteiger partial charge in [-0.05, 0) is 28.7 Å². The Balaban J connectivity index is 1.74. The second-order valence-corrected chi connectivity index (χ2v) is 10.5. The number of benzene rings is 1. The van der Waals surface area contributed by atoms with E-state index in [0.29, 0.717) is 37.3 Å². The normalized spacial score (nSPS) is 15.3. The van der Waals surface area contributed by atoms with E-state index >= 15 is 0 Å². The number of nitrogen functional groups attached to an aromatic ring is 1. The van der Waals surface area contributed by atoms with Crippen molar-refractivity contribution in [2.45, 2.75) is 29.4 Å². The van der Waals surface area contributed by atoms with Crippen molar-refractivity contribution < 1.29 is 18.3 Å². The first kappa shape index (κ1) is 25.1. The molecule has 1 aliphatic rings. The van der Waals surface area contributed by atoms with E-state index in [1.54, 1.807) is 6.07 Å². The number of rotatable bonds is 6. The molecule has 2 aromatic rings. The Bertz CT molecular complexity index is 1010. The largest absolute Gasteiger partial charge is 0.487 e. The fourth-order valence-corrected chi connectivity index (χ4v) is 4.54. The van der Waals surface area contributed by atoms with Gasteiger partial charge in [-0.1, -0.05) is 0 Å². The third-order valence-electron chi connectivity index (χ3n) is 5.65. The number of hydrogen-bond donors (Lipinski definition) is 1. The summed E-state index contributed by atoms with van der Waals surface area (Å²) in [6.45, 7) is 1.25. The quantitative estimate of drug-likeness (QED) is 0.465. The lowest BCUT2D eigenvalue weighted by atomic mass is 9.40. The van der Waals surface area contributed by atoms with E-state index in [0.717, 1.165) is 11.8 Å². The Kier molecular flexibility index (Phi) is 7.15. The smallest absolute Gasteiger partial charge is 0.269 e. The van der Waals surface area contributed by atoms with Gasteiger partial charge in [-0.3, -0.25) is 4.79 Å². The number of hydrogen-bond acceptors (Lipinski definition) is 5. The van der Waals surface area contributed by atoms with Crippen LogP contribution in [0.5, 0.6) is 5.75 Å². The lowest BCUT2D eigenvalue weighted by Crippen LogP contribution is -2.66. The highest BCUT2D eigenvalue weighted by Gasteiger charge is 2.36. The molecule has 6 nitrogen and oxygen atoms in total. The van der Waals surface area contributed by atoms with Gasteiger partial charge in [-0.15, -0.1) is 0 Å². The lowest BCUT2D eigenvalue weighted by molar-refractivity contribution is 0.0738. The predicted molar refractivity (Wildman–Crippen MR) is 144 cm³/mol. The fourth-order valence-electron chi connectivity index (χ4n) is 4.54. The van der Waals surface area contributed by atoms with Gasteiger partial charge in [0.2, 0.25) is 0 Å². The molecule has 3 rings (SSSR count). The van der Waals surface area contributed by atoms with Crippen molar-refractivity contribution in [3.05, 3.63) is 47.8 Å². The van der Waals surface area contributed by atoms with Crippen LogP contribution in [0.25, 0.3) is 0 Å². The summed E-state index contributed by atoms with van der Waals surface area (Å²) in [6, 6.07) is 5.07. The highest BCUT2D eigenvalue weighted by Crippen LogP contribution is 2.29. The number of ether oxygens (including phenoxy) is 1. The number of carbonyl (C=O) groups is 1. The van der Waals surface area contributed by atoms with Crippen LogP contribution in [0.2, 0.25) is 0 Å². The molecule has 1 saturated heterocycles. The van der Waals surface area contributed by atoms with Crippen LogP contribution in [-0.2, 0) is 0 Å². The van der Waals surface area contributed by atoms with E-state index in [9.17, 15) is 13.6 Å². The summed E-state index contributed by atoms with van der Waals surface area (Å²) in [5.74, 6) is -1.44. The first-order chi connectivity index (χ1) is 15.3. The van der Waals surface area contributed by atoms with E-state index in [1.807, 2.05) is 52.0 Å². The fraction of sp³-hybridized carbons (Fsp3) is 0.368. The van der Waals surface area contributed by atoms with Gasteiger partial charge in [0.25, 0.3) is 5.91 Å². The first-order valence-electron chi connectivity index (χ1n) is 11.2. The average molecular weight is 447 g/mol.